The summed E-state index contributed by atoms with van der Waals surface area (Å²) in [6.07, 6.45) is 3.74. The Morgan fingerprint density at radius 2 is 2.06 bits per heavy atom. The molecule has 31 heavy (non-hydrogen) atoms. The van der Waals surface area contributed by atoms with Crippen LogP contribution in [0.25, 0.3) is 10.8 Å². The van der Waals surface area contributed by atoms with Gasteiger partial charge in [-0.05, 0) is 18.2 Å². The lowest BCUT2D eigenvalue weighted by Crippen LogP contribution is -2.48. The number of ether oxygens (including phenoxy) is 2. The van der Waals surface area contributed by atoms with Crippen LogP contribution in [0, 0.1) is 0 Å². The van der Waals surface area contributed by atoms with Crippen molar-refractivity contribution in [2.75, 3.05) is 32.2 Å². The molecule has 0 bridgehead atoms. The second-order valence-electron chi connectivity index (χ2n) is 7.35. The highest BCUT2D eigenvalue weighted by atomic mass is 35.5. The van der Waals surface area contributed by atoms with Crippen LogP contribution in [0.5, 0.6) is 5.75 Å². The minimum atomic E-state index is -1.08. The van der Waals surface area contributed by atoms with E-state index in [1.54, 1.807) is 30.6 Å². The number of carbonyl (C=O) groups is 2. The fourth-order valence-corrected chi connectivity index (χ4v) is 3.94. The van der Waals surface area contributed by atoms with E-state index in [9.17, 15) is 9.59 Å². The molecule has 8 heteroatoms. The average Bonchev–Trinajstić information content (AvgIpc) is 2.79. The van der Waals surface area contributed by atoms with E-state index in [2.05, 4.69) is 15.6 Å². The van der Waals surface area contributed by atoms with Gasteiger partial charge < -0.3 is 20.1 Å². The van der Waals surface area contributed by atoms with E-state index in [4.69, 9.17) is 21.1 Å². The minimum absolute atomic E-state index is 0.00114. The number of aromatic nitrogens is 1. The summed E-state index contributed by atoms with van der Waals surface area (Å²) < 4.78 is 11.5. The smallest absolute Gasteiger partial charge is 0.245 e. The van der Waals surface area contributed by atoms with Gasteiger partial charge in [-0.2, -0.15) is 0 Å². The molecule has 1 aromatic heterocycles. The number of pyridine rings is 1. The number of rotatable bonds is 6. The highest BCUT2D eigenvalue weighted by Gasteiger charge is 2.45. The molecule has 0 radical (unpaired) electrons. The summed E-state index contributed by atoms with van der Waals surface area (Å²) in [6, 6.07) is 12.9. The molecule has 1 atom stereocenters. The van der Waals surface area contributed by atoms with E-state index >= 15 is 0 Å². The van der Waals surface area contributed by atoms with Crippen molar-refractivity contribution < 1.29 is 19.1 Å². The van der Waals surface area contributed by atoms with Crippen LogP contribution in [0.4, 0.5) is 5.69 Å². The average molecular weight is 440 g/mol. The van der Waals surface area contributed by atoms with Gasteiger partial charge in [0.2, 0.25) is 11.8 Å². The first kappa shape index (κ1) is 21.1. The third-order valence-electron chi connectivity index (χ3n) is 5.46. The summed E-state index contributed by atoms with van der Waals surface area (Å²) in [5.74, 6) is 0.0342. The molecule has 2 aromatic carbocycles. The molecule has 1 aliphatic heterocycles. The van der Waals surface area contributed by atoms with Crippen LogP contribution >= 0.6 is 11.6 Å². The van der Waals surface area contributed by atoms with Crippen molar-refractivity contribution in [1.29, 1.82) is 0 Å². The van der Waals surface area contributed by atoms with E-state index < -0.39 is 5.41 Å². The molecule has 0 saturated heterocycles. The van der Waals surface area contributed by atoms with E-state index in [1.807, 2.05) is 24.3 Å². The van der Waals surface area contributed by atoms with Crippen molar-refractivity contribution in [3.05, 3.63) is 65.4 Å². The summed E-state index contributed by atoms with van der Waals surface area (Å²) in [7, 11) is 1.53. The Hall–Kier alpha value is -3.16. The molecular formula is C23H22ClN3O4. The zero-order valence-electron chi connectivity index (χ0n) is 17.0. The van der Waals surface area contributed by atoms with Crippen LogP contribution < -0.4 is 15.4 Å². The normalized spacial score (nSPS) is 17.5. The number of halogens is 1. The van der Waals surface area contributed by atoms with Crippen molar-refractivity contribution in [2.45, 2.75) is 11.8 Å². The van der Waals surface area contributed by atoms with Crippen LogP contribution in [0.15, 0.2) is 54.9 Å². The fraction of sp³-hybridized carbons (Fsp3) is 0.261. The SMILES string of the molecule is CNC(=O)COCC1(C(=O)Nc2cncc3ccccc23)CCOc2ccc(Cl)cc21. The van der Waals surface area contributed by atoms with Gasteiger partial charge in [0.1, 0.15) is 17.8 Å². The molecule has 7 nitrogen and oxygen atoms in total. The molecule has 0 aliphatic carbocycles. The molecule has 2 heterocycles. The molecule has 1 unspecified atom stereocenters. The van der Waals surface area contributed by atoms with Crippen LogP contribution in [0.3, 0.4) is 0 Å². The number of carbonyl (C=O) groups excluding carboxylic acids is 2. The van der Waals surface area contributed by atoms with Gasteiger partial charge in [0.15, 0.2) is 0 Å². The quantitative estimate of drug-likeness (QED) is 0.615. The van der Waals surface area contributed by atoms with Crippen LogP contribution in [-0.2, 0) is 19.7 Å². The topological polar surface area (TPSA) is 89.5 Å². The first-order valence-electron chi connectivity index (χ1n) is 9.89. The fourth-order valence-electron chi connectivity index (χ4n) is 3.77. The molecule has 0 saturated carbocycles. The van der Waals surface area contributed by atoms with Gasteiger partial charge in [-0.1, -0.05) is 35.9 Å². The monoisotopic (exact) mass is 439 g/mol. The Bertz CT molecular complexity index is 1130. The largest absolute Gasteiger partial charge is 0.493 e. The lowest BCUT2D eigenvalue weighted by Gasteiger charge is -2.37. The number of benzene rings is 2. The lowest BCUT2D eigenvalue weighted by atomic mass is 9.75. The zero-order valence-corrected chi connectivity index (χ0v) is 17.7. The van der Waals surface area contributed by atoms with Crippen molar-refractivity contribution >= 4 is 39.9 Å². The predicted molar refractivity (Wildman–Crippen MR) is 119 cm³/mol. The number of nitrogens with one attached hydrogen (secondary N) is 2. The number of hydrogen-bond acceptors (Lipinski definition) is 5. The Morgan fingerprint density at radius 1 is 1.23 bits per heavy atom. The molecule has 3 aromatic rings. The highest BCUT2D eigenvalue weighted by molar-refractivity contribution is 6.30. The molecule has 160 valence electrons. The van der Waals surface area contributed by atoms with Gasteiger partial charge in [0.05, 0.1) is 25.1 Å². The second-order valence-corrected chi connectivity index (χ2v) is 7.79. The molecule has 1 aliphatic rings. The van der Waals surface area contributed by atoms with Gasteiger partial charge in [-0.15, -0.1) is 0 Å². The van der Waals surface area contributed by atoms with Crippen LogP contribution in [0.1, 0.15) is 12.0 Å². The lowest BCUT2D eigenvalue weighted by molar-refractivity contribution is -0.131. The van der Waals surface area contributed by atoms with E-state index in [-0.39, 0.29) is 25.0 Å². The summed E-state index contributed by atoms with van der Waals surface area (Å²) in [5, 5.41) is 7.82. The zero-order chi connectivity index (χ0) is 21.8. The second kappa shape index (κ2) is 8.91. The Kier molecular flexibility index (Phi) is 6.06. The van der Waals surface area contributed by atoms with Crippen molar-refractivity contribution in [3.63, 3.8) is 0 Å². The van der Waals surface area contributed by atoms with Crippen molar-refractivity contribution in [2.24, 2.45) is 0 Å². The summed E-state index contributed by atoms with van der Waals surface area (Å²) in [5.41, 5.74) is 0.154. The third kappa shape index (κ3) is 4.19. The van der Waals surface area contributed by atoms with E-state index in [1.165, 1.54) is 7.05 Å². The number of hydrogen-bond donors (Lipinski definition) is 2. The van der Waals surface area contributed by atoms with E-state index in [0.29, 0.717) is 35.1 Å². The Balaban J connectivity index is 1.72. The van der Waals surface area contributed by atoms with Crippen LogP contribution in [0.2, 0.25) is 5.02 Å². The maximum atomic E-state index is 13.7. The maximum absolute atomic E-state index is 13.7. The molecule has 0 fully saturated rings. The molecular weight excluding hydrogens is 418 g/mol. The Labute approximate surface area is 184 Å². The number of anilines is 1. The van der Waals surface area contributed by atoms with Crippen molar-refractivity contribution in [1.82, 2.24) is 10.3 Å². The number of amides is 2. The molecule has 0 spiro atoms. The number of nitrogens with zero attached hydrogens (tertiary/aromatic N) is 1. The van der Waals surface area contributed by atoms with Gasteiger partial charge in [0.25, 0.3) is 0 Å². The summed E-state index contributed by atoms with van der Waals surface area (Å²) >= 11 is 6.25. The molecule has 2 N–H and O–H groups in total. The van der Waals surface area contributed by atoms with Crippen LogP contribution in [-0.4, -0.2) is 43.7 Å². The van der Waals surface area contributed by atoms with Gasteiger partial charge in [-0.25, -0.2) is 0 Å². The Morgan fingerprint density at radius 3 is 2.90 bits per heavy atom. The molecule has 2 amide bonds. The maximum Gasteiger partial charge on any atom is 0.245 e. The third-order valence-corrected chi connectivity index (χ3v) is 5.69. The number of likely N-dealkylation sites (N-methyl/N-ethyl adjacent to an activating group) is 1. The minimum Gasteiger partial charge on any atom is -0.493 e. The highest BCUT2D eigenvalue weighted by Crippen LogP contribution is 2.42. The first-order valence-corrected chi connectivity index (χ1v) is 10.3. The number of fused-ring (bicyclic) bond motifs is 2. The van der Waals surface area contributed by atoms with Gasteiger partial charge in [0, 0.05) is 41.0 Å². The van der Waals surface area contributed by atoms with E-state index in [0.717, 1.165) is 10.8 Å². The first-order chi connectivity index (χ1) is 15.0. The molecule has 4 rings (SSSR count). The standard InChI is InChI=1S/C23H22ClN3O4/c1-25-21(28)13-30-14-23(8-9-31-20-7-6-16(24)10-18(20)23)22(29)27-19-12-26-11-15-4-2-3-5-17(15)19/h2-7,10-12H,8-9,13-14H2,1H3,(H,25,28)(H,27,29). The summed E-state index contributed by atoms with van der Waals surface area (Å²) in [6.45, 7) is 0.179. The van der Waals surface area contributed by atoms with Crippen molar-refractivity contribution in [3.8, 4) is 5.75 Å². The van der Waals surface area contributed by atoms with Gasteiger partial charge in [-0.3, -0.25) is 14.6 Å². The predicted octanol–water partition coefficient (Wildman–Crippen LogP) is 3.31. The summed E-state index contributed by atoms with van der Waals surface area (Å²) in [4.78, 5) is 29.7. The van der Waals surface area contributed by atoms with Gasteiger partial charge >= 0.3 is 0 Å².